The molecule has 136 valence electrons. The van der Waals surface area contributed by atoms with Crippen molar-refractivity contribution in [3.05, 3.63) is 58.9 Å². The molecule has 0 spiro atoms. The monoisotopic (exact) mass is 366 g/mol. The van der Waals surface area contributed by atoms with Crippen molar-refractivity contribution >= 4 is 16.1 Å². The van der Waals surface area contributed by atoms with Gasteiger partial charge in [0.05, 0.1) is 11.5 Å². The Hall–Kier alpha value is -2.45. The molecule has 2 aromatic rings. The van der Waals surface area contributed by atoms with Crippen molar-refractivity contribution in [2.24, 2.45) is 0 Å². The lowest BCUT2D eigenvalue weighted by Gasteiger charge is -2.14. The summed E-state index contributed by atoms with van der Waals surface area (Å²) in [4.78, 5) is 11.0. The van der Waals surface area contributed by atoms with E-state index in [-0.39, 0.29) is 10.9 Å². The van der Waals surface area contributed by atoms with Crippen LogP contribution in [-0.2, 0) is 14.9 Å². The van der Waals surface area contributed by atoms with E-state index >= 15 is 0 Å². The van der Waals surface area contributed by atoms with Crippen molar-refractivity contribution in [2.75, 3.05) is 12.4 Å². The summed E-state index contributed by atoms with van der Waals surface area (Å²) in [5.74, 6) is 5.05. The van der Waals surface area contributed by atoms with Gasteiger partial charge in [0.25, 0.3) is 0 Å². The summed E-state index contributed by atoms with van der Waals surface area (Å²) in [7, 11) is -4.33. The fourth-order valence-corrected chi connectivity index (χ4v) is 3.30. The predicted molar refractivity (Wildman–Crippen MR) is 91.4 cm³/mol. The SMILES string of the molecule is CCOC(=O)c1ccc[n+](N)c1.Cc1cc(C)c(S(=O)(=O)[O-])c(C)c1. The van der Waals surface area contributed by atoms with Crippen LogP contribution in [0, 0.1) is 20.8 Å². The molecule has 0 aliphatic rings. The van der Waals surface area contributed by atoms with Crippen LogP contribution in [0.5, 0.6) is 0 Å². The summed E-state index contributed by atoms with van der Waals surface area (Å²) >= 11 is 0. The molecule has 0 bridgehead atoms. The number of nitrogens with zero attached hydrogens (tertiary/aromatic N) is 1. The molecule has 25 heavy (non-hydrogen) atoms. The zero-order chi connectivity index (χ0) is 19.2. The molecule has 8 heteroatoms. The van der Waals surface area contributed by atoms with Crippen LogP contribution in [0.3, 0.4) is 0 Å². The molecule has 0 amide bonds. The number of nitrogen functional groups attached to an aromatic ring is 1. The number of benzene rings is 1. The van der Waals surface area contributed by atoms with E-state index in [1.54, 1.807) is 51.2 Å². The molecule has 7 nitrogen and oxygen atoms in total. The van der Waals surface area contributed by atoms with Gasteiger partial charge >= 0.3 is 5.97 Å². The van der Waals surface area contributed by atoms with Crippen LogP contribution in [0.4, 0.5) is 0 Å². The Kier molecular flexibility index (Phi) is 7.08. The van der Waals surface area contributed by atoms with Gasteiger partial charge in [-0.05, 0) is 44.9 Å². The summed E-state index contributed by atoms with van der Waals surface area (Å²) < 4.78 is 38.6. The Bertz CT molecular complexity index is 840. The van der Waals surface area contributed by atoms with Crippen molar-refractivity contribution in [1.82, 2.24) is 0 Å². The standard InChI is InChI=1S/C9H12O3S.C8H11N2O2/c1-6-4-7(2)9(8(3)5-6)13(10,11)12;1-2-12-8(11)7-4-3-5-10(9)6-7/h4-5H,1-3H3,(H,10,11,12);3-6H,2,9H2,1H3/q;+1/p-1. The van der Waals surface area contributed by atoms with Crippen LogP contribution in [0.2, 0.25) is 0 Å². The lowest BCUT2D eigenvalue weighted by Crippen LogP contribution is -2.44. The number of carbonyl (C=O) groups is 1. The van der Waals surface area contributed by atoms with Gasteiger partial charge in [-0.25, -0.2) is 19.1 Å². The first kappa shape index (κ1) is 20.6. The fraction of sp³-hybridized carbons (Fsp3) is 0.294. The molecular formula is C17H22N2O5S. The Labute approximate surface area is 147 Å². The number of hydrogen-bond acceptors (Lipinski definition) is 6. The molecule has 0 aliphatic carbocycles. The number of aromatic nitrogens is 1. The van der Waals surface area contributed by atoms with E-state index in [1.807, 2.05) is 6.92 Å². The normalized spacial score (nSPS) is 10.6. The van der Waals surface area contributed by atoms with Crippen molar-refractivity contribution in [3.8, 4) is 0 Å². The van der Waals surface area contributed by atoms with Gasteiger partial charge in [-0.15, -0.1) is 0 Å². The number of pyridine rings is 1. The molecule has 0 saturated carbocycles. The highest BCUT2D eigenvalue weighted by atomic mass is 32.2. The number of ether oxygens (including phenoxy) is 1. The van der Waals surface area contributed by atoms with E-state index in [0.717, 1.165) is 5.56 Å². The van der Waals surface area contributed by atoms with Crippen LogP contribution in [-0.4, -0.2) is 25.5 Å². The highest BCUT2D eigenvalue weighted by Crippen LogP contribution is 2.20. The highest BCUT2D eigenvalue weighted by Gasteiger charge is 2.10. The predicted octanol–water partition coefficient (Wildman–Crippen LogP) is 1.38. The second kappa shape index (κ2) is 8.59. The molecule has 0 radical (unpaired) electrons. The third kappa shape index (κ3) is 6.17. The maximum absolute atomic E-state index is 11.1. The van der Waals surface area contributed by atoms with E-state index in [0.29, 0.717) is 23.3 Å². The van der Waals surface area contributed by atoms with Crippen molar-refractivity contribution in [2.45, 2.75) is 32.6 Å². The first-order valence-electron chi connectivity index (χ1n) is 7.53. The third-order valence-electron chi connectivity index (χ3n) is 3.19. The first-order valence-corrected chi connectivity index (χ1v) is 8.94. The molecule has 2 N–H and O–H groups in total. The molecule has 1 aromatic heterocycles. The summed E-state index contributed by atoms with van der Waals surface area (Å²) in [6.07, 6.45) is 3.15. The maximum Gasteiger partial charge on any atom is 0.344 e. The van der Waals surface area contributed by atoms with E-state index in [4.69, 9.17) is 10.6 Å². The first-order chi connectivity index (χ1) is 11.6. The number of carbonyl (C=O) groups excluding carboxylic acids is 1. The lowest BCUT2D eigenvalue weighted by molar-refractivity contribution is -0.639. The molecule has 1 aromatic carbocycles. The minimum Gasteiger partial charge on any atom is -0.744 e. The molecule has 2 rings (SSSR count). The van der Waals surface area contributed by atoms with E-state index in [9.17, 15) is 17.8 Å². The zero-order valence-electron chi connectivity index (χ0n) is 14.6. The van der Waals surface area contributed by atoms with E-state index in [1.165, 1.54) is 10.9 Å². The van der Waals surface area contributed by atoms with Crippen LogP contribution in [0.15, 0.2) is 41.6 Å². The zero-order valence-corrected chi connectivity index (χ0v) is 15.5. The van der Waals surface area contributed by atoms with Crippen molar-refractivity contribution in [3.63, 3.8) is 0 Å². The number of esters is 1. The topological polar surface area (TPSA) is 113 Å². The van der Waals surface area contributed by atoms with Gasteiger partial charge < -0.3 is 9.29 Å². The van der Waals surface area contributed by atoms with Gasteiger partial charge in [-0.3, -0.25) is 0 Å². The minimum atomic E-state index is -4.33. The summed E-state index contributed by atoms with van der Waals surface area (Å²) in [6.45, 7) is 7.26. The Balaban J connectivity index is 0.000000251. The van der Waals surface area contributed by atoms with E-state index < -0.39 is 10.1 Å². The lowest BCUT2D eigenvalue weighted by atomic mass is 10.1. The molecular weight excluding hydrogens is 344 g/mol. The number of nitrogens with two attached hydrogens (primary N) is 1. The van der Waals surface area contributed by atoms with Crippen LogP contribution in [0.25, 0.3) is 0 Å². The Morgan fingerprint density at radius 3 is 2.24 bits per heavy atom. The van der Waals surface area contributed by atoms with Gasteiger partial charge in [-0.1, -0.05) is 22.4 Å². The molecule has 0 saturated heterocycles. The second-order valence-electron chi connectivity index (χ2n) is 5.44. The number of aryl methyl sites for hydroxylation is 3. The summed E-state index contributed by atoms with van der Waals surface area (Å²) in [5, 5.41) is 0. The Morgan fingerprint density at radius 1 is 1.24 bits per heavy atom. The summed E-state index contributed by atoms with van der Waals surface area (Å²) in [6, 6.07) is 6.73. The summed E-state index contributed by atoms with van der Waals surface area (Å²) in [5.41, 5.74) is 2.46. The molecule has 0 unspecified atom stereocenters. The maximum atomic E-state index is 11.1. The largest absolute Gasteiger partial charge is 0.744 e. The van der Waals surface area contributed by atoms with Crippen LogP contribution >= 0.6 is 0 Å². The molecule has 0 atom stereocenters. The van der Waals surface area contributed by atoms with E-state index in [2.05, 4.69) is 0 Å². The highest BCUT2D eigenvalue weighted by molar-refractivity contribution is 7.85. The van der Waals surface area contributed by atoms with Crippen LogP contribution < -0.4 is 10.5 Å². The quantitative estimate of drug-likeness (QED) is 0.380. The molecule has 0 aliphatic heterocycles. The van der Waals surface area contributed by atoms with Gasteiger partial charge in [0, 0.05) is 6.07 Å². The Morgan fingerprint density at radius 2 is 1.80 bits per heavy atom. The number of rotatable bonds is 3. The molecule has 0 fully saturated rings. The fourth-order valence-electron chi connectivity index (χ4n) is 2.39. The van der Waals surface area contributed by atoms with Gasteiger partial charge in [0.2, 0.25) is 6.20 Å². The average molecular weight is 366 g/mol. The second-order valence-corrected chi connectivity index (χ2v) is 6.76. The van der Waals surface area contributed by atoms with Crippen molar-refractivity contribution < 1.29 is 27.2 Å². The van der Waals surface area contributed by atoms with Crippen molar-refractivity contribution in [1.29, 1.82) is 0 Å². The molecule has 1 heterocycles. The average Bonchev–Trinajstić information content (AvgIpc) is 2.45. The van der Waals surface area contributed by atoms with Gasteiger partial charge in [0.15, 0.2) is 6.20 Å². The van der Waals surface area contributed by atoms with Gasteiger partial charge in [-0.2, -0.15) is 0 Å². The smallest absolute Gasteiger partial charge is 0.344 e. The number of hydrogen-bond donors (Lipinski definition) is 1. The third-order valence-corrected chi connectivity index (χ3v) is 4.33. The van der Waals surface area contributed by atoms with Gasteiger partial charge in [0.1, 0.15) is 15.7 Å². The minimum absolute atomic E-state index is 0.0851. The van der Waals surface area contributed by atoms with Crippen LogP contribution in [0.1, 0.15) is 34.0 Å².